The lowest BCUT2D eigenvalue weighted by Crippen LogP contribution is -2.47. The largest absolute Gasteiger partial charge is 0.506 e. The first-order valence-electron chi connectivity index (χ1n) is 5.99. The van der Waals surface area contributed by atoms with Gasteiger partial charge in [0.1, 0.15) is 11.6 Å². The van der Waals surface area contributed by atoms with Gasteiger partial charge in [0.2, 0.25) is 0 Å². The molecule has 1 aliphatic heterocycles. The van der Waals surface area contributed by atoms with Crippen molar-refractivity contribution in [1.82, 2.24) is 9.88 Å². The number of carbonyl (C=O) groups is 1. The first kappa shape index (κ1) is 12.6. The van der Waals surface area contributed by atoms with Crippen LogP contribution in [0.15, 0.2) is 18.3 Å². The first-order chi connectivity index (χ1) is 8.65. The number of pyridine rings is 1. The Morgan fingerprint density at radius 2 is 2.00 bits per heavy atom. The summed E-state index contributed by atoms with van der Waals surface area (Å²) in [6.45, 7) is 3.95. The second kappa shape index (κ2) is 5.68. The number of nitrogens with zero attached hydrogens (tertiary/aromatic N) is 3. The normalized spacial score (nSPS) is 16.8. The maximum atomic E-state index is 10.5. The molecule has 0 atom stereocenters. The summed E-state index contributed by atoms with van der Waals surface area (Å²) >= 11 is 0. The van der Waals surface area contributed by atoms with E-state index in [9.17, 15) is 9.90 Å². The van der Waals surface area contributed by atoms with Crippen molar-refractivity contribution in [3.05, 3.63) is 18.3 Å². The van der Waals surface area contributed by atoms with Crippen molar-refractivity contribution < 1.29 is 15.0 Å². The summed E-state index contributed by atoms with van der Waals surface area (Å²) in [5.74, 6) is 0.266. The summed E-state index contributed by atoms with van der Waals surface area (Å²) in [6.07, 6.45) is 1.63. The molecule has 1 aromatic rings. The zero-order valence-electron chi connectivity index (χ0n) is 10.1. The van der Waals surface area contributed by atoms with E-state index in [4.69, 9.17) is 5.11 Å². The van der Waals surface area contributed by atoms with E-state index in [1.165, 1.54) is 6.20 Å². The number of anilines is 1. The maximum absolute atomic E-state index is 10.5. The van der Waals surface area contributed by atoms with Gasteiger partial charge in [-0.25, -0.2) is 4.98 Å². The van der Waals surface area contributed by atoms with Crippen LogP contribution in [-0.2, 0) is 4.79 Å². The number of hydrogen-bond acceptors (Lipinski definition) is 5. The second-order valence-electron chi connectivity index (χ2n) is 4.35. The maximum Gasteiger partial charge on any atom is 0.304 e. The Kier molecular flexibility index (Phi) is 3.99. The van der Waals surface area contributed by atoms with E-state index in [2.05, 4.69) is 14.8 Å². The molecule has 2 N–H and O–H groups in total. The zero-order chi connectivity index (χ0) is 13.0. The van der Waals surface area contributed by atoms with Crippen molar-refractivity contribution in [2.75, 3.05) is 37.6 Å². The van der Waals surface area contributed by atoms with Gasteiger partial charge in [0.25, 0.3) is 0 Å². The van der Waals surface area contributed by atoms with Crippen LogP contribution in [0.2, 0.25) is 0 Å². The van der Waals surface area contributed by atoms with Gasteiger partial charge in [-0.1, -0.05) is 0 Å². The minimum Gasteiger partial charge on any atom is -0.506 e. The van der Waals surface area contributed by atoms with E-state index in [-0.39, 0.29) is 12.2 Å². The van der Waals surface area contributed by atoms with E-state index >= 15 is 0 Å². The third kappa shape index (κ3) is 3.33. The van der Waals surface area contributed by atoms with Gasteiger partial charge in [-0.3, -0.25) is 9.69 Å². The van der Waals surface area contributed by atoms with Crippen molar-refractivity contribution in [2.24, 2.45) is 0 Å². The molecule has 0 aromatic carbocycles. The highest BCUT2D eigenvalue weighted by atomic mass is 16.4. The number of carboxylic acid groups (broad SMARTS) is 1. The number of piperazine rings is 1. The Bertz CT molecular complexity index is 400. The molecule has 0 spiro atoms. The smallest absolute Gasteiger partial charge is 0.304 e. The SMILES string of the molecule is O=C(O)CCN1CCN(c2ccc(O)cn2)CC1. The molecular formula is C12H17N3O3. The van der Waals surface area contributed by atoms with Crippen LogP contribution in [-0.4, -0.2) is 58.8 Å². The number of aliphatic carboxylic acids is 1. The molecule has 6 nitrogen and oxygen atoms in total. The molecule has 0 bridgehead atoms. The van der Waals surface area contributed by atoms with Crippen LogP contribution >= 0.6 is 0 Å². The van der Waals surface area contributed by atoms with Crippen molar-refractivity contribution in [3.63, 3.8) is 0 Å². The Morgan fingerprint density at radius 3 is 2.56 bits per heavy atom. The molecule has 98 valence electrons. The summed E-state index contributed by atoms with van der Waals surface area (Å²) in [5.41, 5.74) is 0. The van der Waals surface area contributed by atoms with E-state index in [0.717, 1.165) is 32.0 Å². The highest BCUT2D eigenvalue weighted by molar-refractivity contribution is 5.66. The lowest BCUT2D eigenvalue weighted by Gasteiger charge is -2.35. The molecule has 0 saturated carbocycles. The van der Waals surface area contributed by atoms with Crippen molar-refractivity contribution in [2.45, 2.75) is 6.42 Å². The molecule has 1 saturated heterocycles. The molecular weight excluding hydrogens is 234 g/mol. The van der Waals surface area contributed by atoms with Crippen LogP contribution in [0.4, 0.5) is 5.82 Å². The number of aromatic nitrogens is 1. The van der Waals surface area contributed by atoms with Gasteiger partial charge < -0.3 is 15.1 Å². The molecule has 2 heterocycles. The monoisotopic (exact) mass is 251 g/mol. The van der Waals surface area contributed by atoms with Crippen LogP contribution in [0.3, 0.4) is 0 Å². The minimum atomic E-state index is -0.752. The molecule has 2 rings (SSSR count). The minimum absolute atomic E-state index is 0.166. The quantitative estimate of drug-likeness (QED) is 0.806. The predicted octanol–water partition coefficient (Wildman–Crippen LogP) is 0.384. The van der Waals surface area contributed by atoms with Crippen molar-refractivity contribution in [3.8, 4) is 5.75 Å². The molecule has 18 heavy (non-hydrogen) atoms. The molecule has 6 heteroatoms. The molecule has 0 aliphatic carbocycles. The Balaban J connectivity index is 1.83. The molecule has 1 aliphatic rings. The summed E-state index contributed by atoms with van der Waals surface area (Å²) in [4.78, 5) is 18.9. The fourth-order valence-corrected chi connectivity index (χ4v) is 2.02. The topological polar surface area (TPSA) is 76.9 Å². The summed E-state index contributed by atoms with van der Waals surface area (Å²) in [6, 6.07) is 3.42. The molecule has 1 fully saturated rings. The number of aromatic hydroxyl groups is 1. The van der Waals surface area contributed by atoms with Crippen LogP contribution in [0.5, 0.6) is 5.75 Å². The molecule has 0 unspecified atom stereocenters. The van der Waals surface area contributed by atoms with Crippen LogP contribution in [0.25, 0.3) is 0 Å². The predicted molar refractivity (Wildman–Crippen MR) is 66.8 cm³/mol. The van der Waals surface area contributed by atoms with E-state index in [0.29, 0.717) is 6.54 Å². The second-order valence-corrected chi connectivity index (χ2v) is 4.35. The lowest BCUT2D eigenvalue weighted by atomic mass is 10.3. The Morgan fingerprint density at radius 1 is 1.28 bits per heavy atom. The number of rotatable bonds is 4. The van der Waals surface area contributed by atoms with Gasteiger partial charge in [-0.2, -0.15) is 0 Å². The lowest BCUT2D eigenvalue weighted by molar-refractivity contribution is -0.137. The van der Waals surface area contributed by atoms with Gasteiger partial charge >= 0.3 is 5.97 Å². The standard InChI is InChI=1S/C12H17N3O3/c16-10-1-2-11(13-9-10)15-7-5-14(6-8-15)4-3-12(17)18/h1-2,9,16H,3-8H2,(H,17,18). The molecule has 0 radical (unpaired) electrons. The van der Waals surface area contributed by atoms with Gasteiger partial charge in [0, 0.05) is 32.7 Å². The Hall–Kier alpha value is -1.82. The van der Waals surface area contributed by atoms with Gasteiger partial charge in [0.15, 0.2) is 0 Å². The van der Waals surface area contributed by atoms with Crippen LogP contribution in [0, 0.1) is 0 Å². The molecule has 1 aromatic heterocycles. The first-order valence-corrected chi connectivity index (χ1v) is 5.99. The van der Waals surface area contributed by atoms with Crippen molar-refractivity contribution in [1.29, 1.82) is 0 Å². The summed E-state index contributed by atoms with van der Waals surface area (Å²) < 4.78 is 0. The third-order valence-corrected chi connectivity index (χ3v) is 3.07. The highest BCUT2D eigenvalue weighted by Crippen LogP contribution is 2.16. The fourth-order valence-electron chi connectivity index (χ4n) is 2.02. The average Bonchev–Trinajstić information content (AvgIpc) is 2.38. The van der Waals surface area contributed by atoms with E-state index < -0.39 is 5.97 Å². The van der Waals surface area contributed by atoms with Crippen LogP contribution < -0.4 is 4.90 Å². The average molecular weight is 251 g/mol. The Labute approximate surface area is 105 Å². The number of hydrogen-bond donors (Lipinski definition) is 2. The van der Waals surface area contributed by atoms with Gasteiger partial charge in [-0.15, -0.1) is 0 Å². The summed E-state index contributed by atoms with van der Waals surface area (Å²) in [7, 11) is 0. The fraction of sp³-hybridized carbons (Fsp3) is 0.500. The van der Waals surface area contributed by atoms with Gasteiger partial charge in [0.05, 0.1) is 12.6 Å². The van der Waals surface area contributed by atoms with E-state index in [1.807, 2.05) is 0 Å². The molecule has 0 amide bonds. The van der Waals surface area contributed by atoms with E-state index in [1.54, 1.807) is 12.1 Å². The summed E-state index contributed by atoms with van der Waals surface area (Å²) in [5, 5.41) is 17.8. The highest BCUT2D eigenvalue weighted by Gasteiger charge is 2.18. The van der Waals surface area contributed by atoms with Gasteiger partial charge in [-0.05, 0) is 12.1 Å². The zero-order valence-corrected chi connectivity index (χ0v) is 10.1. The van der Waals surface area contributed by atoms with Crippen LogP contribution in [0.1, 0.15) is 6.42 Å². The number of carboxylic acids is 1. The third-order valence-electron chi connectivity index (χ3n) is 3.07. The van der Waals surface area contributed by atoms with Crippen molar-refractivity contribution >= 4 is 11.8 Å².